The van der Waals surface area contributed by atoms with Crippen LogP contribution >= 0.6 is 11.6 Å². The first-order chi connectivity index (χ1) is 6.15. The third-order valence-corrected chi connectivity index (χ3v) is 2.83. The highest BCUT2D eigenvalue weighted by Gasteiger charge is 2.40. The summed E-state index contributed by atoms with van der Waals surface area (Å²) in [5.41, 5.74) is 7.05. The maximum absolute atomic E-state index is 6.04. The predicted octanol–water partition coefficient (Wildman–Crippen LogP) is 2.30. The van der Waals surface area contributed by atoms with Crippen molar-refractivity contribution in [1.82, 2.24) is 0 Å². The van der Waals surface area contributed by atoms with Crippen LogP contribution in [-0.2, 0) is 5.54 Å². The molecule has 2 N–H and O–H groups in total. The molecule has 1 fully saturated rings. The van der Waals surface area contributed by atoms with E-state index in [4.69, 9.17) is 22.1 Å². The third kappa shape index (κ3) is 1.52. The molecule has 1 saturated carbocycles. The maximum Gasteiger partial charge on any atom is 0.137 e. The van der Waals surface area contributed by atoms with Gasteiger partial charge < -0.3 is 10.5 Å². The van der Waals surface area contributed by atoms with E-state index in [2.05, 4.69) is 0 Å². The first-order valence-electron chi connectivity index (χ1n) is 4.29. The Kier molecular flexibility index (Phi) is 1.97. The van der Waals surface area contributed by atoms with Gasteiger partial charge in [-0.1, -0.05) is 17.7 Å². The summed E-state index contributed by atoms with van der Waals surface area (Å²) in [5.74, 6) is 0.705. The van der Waals surface area contributed by atoms with Crippen LogP contribution in [0.2, 0.25) is 5.02 Å². The second-order valence-electron chi connectivity index (χ2n) is 3.51. The normalized spacial score (nSPS) is 18.4. The Balaban J connectivity index is 2.39. The van der Waals surface area contributed by atoms with Crippen molar-refractivity contribution in [2.24, 2.45) is 5.73 Å². The second-order valence-corrected chi connectivity index (χ2v) is 3.91. The summed E-state index contributed by atoms with van der Waals surface area (Å²) in [5, 5.41) is 0.635. The fraction of sp³-hybridized carbons (Fsp3) is 0.400. The van der Waals surface area contributed by atoms with Crippen LogP contribution < -0.4 is 10.5 Å². The monoisotopic (exact) mass is 197 g/mol. The largest absolute Gasteiger partial charge is 0.495 e. The molecule has 13 heavy (non-hydrogen) atoms. The summed E-state index contributed by atoms with van der Waals surface area (Å²) < 4.78 is 5.12. The molecule has 0 aliphatic heterocycles. The fourth-order valence-corrected chi connectivity index (χ4v) is 1.59. The highest BCUT2D eigenvalue weighted by molar-refractivity contribution is 6.32. The van der Waals surface area contributed by atoms with Gasteiger partial charge in [0.2, 0.25) is 0 Å². The van der Waals surface area contributed by atoms with Crippen molar-refractivity contribution < 1.29 is 4.74 Å². The number of nitrogens with two attached hydrogens (primary N) is 1. The van der Waals surface area contributed by atoms with Gasteiger partial charge >= 0.3 is 0 Å². The molecule has 0 amide bonds. The summed E-state index contributed by atoms with van der Waals surface area (Å²) >= 11 is 5.90. The van der Waals surface area contributed by atoms with Gasteiger partial charge in [-0.25, -0.2) is 0 Å². The zero-order chi connectivity index (χ0) is 9.47. The highest BCUT2D eigenvalue weighted by atomic mass is 35.5. The zero-order valence-electron chi connectivity index (χ0n) is 7.51. The molecule has 0 bridgehead atoms. The van der Waals surface area contributed by atoms with Crippen LogP contribution in [0.25, 0.3) is 0 Å². The van der Waals surface area contributed by atoms with E-state index in [9.17, 15) is 0 Å². The van der Waals surface area contributed by atoms with Crippen LogP contribution in [0.4, 0.5) is 0 Å². The Bertz CT molecular complexity index is 334. The average molecular weight is 198 g/mol. The molecule has 70 valence electrons. The Labute approximate surface area is 82.6 Å². The zero-order valence-corrected chi connectivity index (χ0v) is 8.27. The van der Waals surface area contributed by atoms with Crippen LogP contribution in [0, 0.1) is 0 Å². The fourth-order valence-electron chi connectivity index (χ4n) is 1.39. The van der Waals surface area contributed by atoms with E-state index in [0.717, 1.165) is 18.4 Å². The van der Waals surface area contributed by atoms with E-state index >= 15 is 0 Å². The van der Waals surface area contributed by atoms with Gasteiger partial charge in [0, 0.05) is 5.54 Å². The molecular weight excluding hydrogens is 186 g/mol. The SMILES string of the molecule is COc1cc(C2(N)CC2)ccc1Cl. The van der Waals surface area contributed by atoms with Crippen LogP contribution in [0.3, 0.4) is 0 Å². The van der Waals surface area contributed by atoms with Gasteiger partial charge in [0.1, 0.15) is 5.75 Å². The van der Waals surface area contributed by atoms with E-state index in [0.29, 0.717) is 10.8 Å². The Morgan fingerprint density at radius 2 is 2.15 bits per heavy atom. The summed E-state index contributed by atoms with van der Waals surface area (Å²) in [4.78, 5) is 0. The van der Waals surface area contributed by atoms with Crippen LogP contribution in [0.15, 0.2) is 18.2 Å². The van der Waals surface area contributed by atoms with Crippen molar-refractivity contribution in [3.8, 4) is 5.75 Å². The van der Waals surface area contributed by atoms with Crippen molar-refractivity contribution >= 4 is 11.6 Å². The topological polar surface area (TPSA) is 35.2 Å². The van der Waals surface area contributed by atoms with Crippen molar-refractivity contribution in [2.45, 2.75) is 18.4 Å². The molecule has 0 radical (unpaired) electrons. The number of rotatable bonds is 2. The minimum absolute atomic E-state index is 0.113. The van der Waals surface area contributed by atoms with Crippen molar-refractivity contribution in [2.75, 3.05) is 7.11 Å². The Hall–Kier alpha value is -0.730. The van der Waals surface area contributed by atoms with Crippen molar-refractivity contribution in [3.05, 3.63) is 28.8 Å². The minimum Gasteiger partial charge on any atom is -0.495 e. The first kappa shape index (κ1) is 8.85. The van der Waals surface area contributed by atoms with E-state index in [1.807, 2.05) is 18.2 Å². The van der Waals surface area contributed by atoms with Crippen molar-refractivity contribution in [3.63, 3.8) is 0 Å². The number of hydrogen-bond donors (Lipinski definition) is 1. The average Bonchev–Trinajstić information content (AvgIpc) is 2.86. The van der Waals surface area contributed by atoms with Gasteiger partial charge in [-0.15, -0.1) is 0 Å². The summed E-state index contributed by atoms with van der Waals surface area (Å²) in [6.45, 7) is 0. The molecule has 0 saturated heterocycles. The maximum atomic E-state index is 6.04. The highest BCUT2D eigenvalue weighted by Crippen LogP contribution is 2.44. The van der Waals surface area contributed by atoms with Crippen LogP contribution in [-0.4, -0.2) is 7.11 Å². The lowest BCUT2D eigenvalue weighted by atomic mass is 10.1. The molecule has 0 unspecified atom stereocenters. The number of hydrogen-bond acceptors (Lipinski definition) is 2. The second kappa shape index (κ2) is 2.89. The lowest BCUT2D eigenvalue weighted by Crippen LogP contribution is -2.18. The molecular formula is C10H12ClNO. The van der Waals surface area contributed by atoms with E-state index in [1.165, 1.54) is 0 Å². The molecule has 0 aromatic heterocycles. The predicted molar refractivity (Wildman–Crippen MR) is 53.1 cm³/mol. The minimum atomic E-state index is -0.113. The molecule has 1 aromatic rings. The van der Waals surface area contributed by atoms with Gasteiger partial charge in [-0.05, 0) is 30.5 Å². The summed E-state index contributed by atoms with van der Waals surface area (Å²) in [7, 11) is 1.61. The number of halogens is 1. The number of benzene rings is 1. The molecule has 1 aliphatic rings. The lowest BCUT2D eigenvalue weighted by Gasteiger charge is -2.11. The van der Waals surface area contributed by atoms with Crippen LogP contribution in [0.1, 0.15) is 18.4 Å². The molecule has 0 atom stereocenters. The quantitative estimate of drug-likeness (QED) is 0.790. The van der Waals surface area contributed by atoms with Gasteiger partial charge in [0.25, 0.3) is 0 Å². The van der Waals surface area contributed by atoms with Gasteiger partial charge in [-0.3, -0.25) is 0 Å². The summed E-state index contributed by atoms with van der Waals surface area (Å²) in [6.07, 6.45) is 2.11. The first-order valence-corrected chi connectivity index (χ1v) is 4.66. The molecule has 1 aliphatic carbocycles. The molecule has 1 aromatic carbocycles. The standard InChI is InChI=1S/C10H12ClNO/c1-13-9-6-7(2-3-8(9)11)10(12)4-5-10/h2-3,6H,4-5,12H2,1H3. The number of methoxy groups -OCH3 is 1. The van der Waals surface area contributed by atoms with E-state index in [-0.39, 0.29) is 5.54 Å². The molecule has 0 spiro atoms. The molecule has 3 heteroatoms. The third-order valence-electron chi connectivity index (χ3n) is 2.51. The molecule has 0 heterocycles. The number of ether oxygens (including phenoxy) is 1. The molecule has 2 rings (SSSR count). The van der Waals surface area contributed by atoms with E-state index in [1.54, 1.807) is 7.11 Å². The smallest absolute Gasteiger partial charge is 0.137 e. The van der Waals surface area contributed by atoms with Gasteiger partial charge in [-0.2, -0.15) is 0 Å². The van der Waals surface area contributed by atoms with Gasteiger partial charge in [0.05, 0.1) is 12.1 Å². The Morgan fingerprint density at radius 3 is 2.69 bits per heavy atom. The van der Waals surface area contributed by atoms with Gasteiger partial charge in [0.15, 0.2) is 0 Å². The molecule has 2 nitrogen and oxygen atoms in total. The Morgan fingerprint density at radius 1 is 1.46 bits per heavy atom. The van der Waals surface area contributed by atoms with Crippen molar-refractivity contribution in [1.29, 1.82) is 0 Å². The van der Waals surface area contributed by atoms with E-state index < -0.39 is 0 Å². The van der Waals surface area contributed by atoms with Crippen LogP contribution in [0.5, 0.6) is 5.75 Å². The summed E-state index contributed by atoms with van der Waals surface area (Å²) in [6, 6.07) is 5.73. The lowest BCUT2D eigenvalue weighted by molar-refractivity contribution is 0.414.